The second-order valence-electron chi connectivity index (χ2n) is 7.57. The Kier molecular flexibility index (Phi) is 7.71. The molecule has 0 aliphatic rings. The molecular weight excluding hydrogens is 488 g/mol. The first-order valence-electron chi connectivity index (χ1n) is 10.8. The topological polar surface area (TPSA) is 141 Å². The first kappa shape index (κ1) is 24.6. The number of nitro groups is 1. The summed E-state index contributed by atoms with van der Waals surface area (Å²) in [6.45, 7) is 1.97. The Hall–Kier alpha value is -4.51. The number of hydrogen-bond acceptors (Lipinski definition) is 9. The predicted molar refractivity (Wildman–Crippen MR) is 134 cm³/mol. The second kappa shape index (κ2) is 11.3. The van der Waals surface area contributed by atoms with Crippen LogP contribution in [0.1, 0.15) is 12.5 Å². The summed E-state index contributed by atoms with van der Waals surface area (Å²) in [5.41, 5.74) is 1.70. The first-order valence-corrected chi connectivity index (χ1v) is 11.2. The molecule has 184 valence electrons. The van der Waals surface area contributed by atoms with Crippen molar-refractivity contribution in [3.8, 4) is 11.5 Å². The van der Waals surface area contributed by atoms with Crippen LogP contribution in [-0.4, -0.2) is 38.9 Å². The van der Waals surface area contributed by atoms with E-state index in [1.807, 2.05) is 12.1 Å². The number of hydrogen-bond donors (Lipinski definition) is 2. The number of anilines is 2. The van der Waals surface area contributed by atoms with Gasteiger partial charge in [-0.05, 0) is 24.3 Å². The fraction of sp³-hybridized carbons (Fsp3) is 0.167. The molecule has 0 saturated heterocycles. The van der Waals surface area contributed by atoms with E-state index in [1.54, 1.807) is 30.6 Å². The molecule has 0 unspecified atom stereocenters. The summed E-state index contributed by atoms with van der Waals surface area (Å²) in [5, 5.41) is 18.2. The lowest BCUT2D eigenvalue weighted by molar-refractivity contribution is -0.385. The third kappa shape index (κ3) is 6.13. The van der Waals surface area contributed by atoms with Gasteiger partial charge in [0.05, 0.1) is 27.4 Å². The molecule has 0 saturated carbocycles. The van der Waals surface area contributed by atoms with Crippen LogP contribution in [-0.2, 0) is 11.4 Å². The van der Waals surface area contributed by atoms with Crippen molar-refractivity contribution in [2.24, 2.45) is 0 Å². The Morgan fingerprint density at radius 3 is 2.72 bits per heavy atom. The largest absolute Gasteiger partial charge is 0.487 e. The maximum atomic E-state index is 11.7. The number of carbonyl (C=O) groups excluding carboxylic acids is 1. The molecule has 0 radical (unpaired) electrons. The zero-order valence-corrected chi connectivity index (χ0v) is 19.9. The molecule has 0 spiro atoms. The summed E-state index contributed by atoms with van der Waals surface area (Å²) in [5.74, 6) is 0.673. The molecule has 2 aromatic carbocycles. The molecule has 2 aromatic heterocycles. The number of carbonyl (C=O) groups is 1. The summed E-state index contributed by atoms with van der Waals surface area (Å²) in [4.78, 5) is 34.6. The number of benzene rings is 2. The number of nitrogens with zero attached hydrogens (tertiary/aromatic N) is 4. The molecule has 11 nitrogen and oxygen atoms in total. The van der Waals surface area contributed by atoms with Crippen LogP contribution in [0.2, 0.25) is 5.02 Å². The van der Waals surface area contributed by atoms with E-state index >= 15 is 0 Å². The number of nitrogens with one attached hydrogen (secondary N) is 2. The lowest BCUT2D eigenvalue weighted by Gasteiger charge is -2.13. The summed E-state index contributed by atoms with van der Waals surface area (Å²) in [7, 11) is 0. The van der Waals surface area contributed by atoms with E-state index in [0.717, 1.165) is 5.56 Å². The number of ether oxygens (including phenoxy) is 2. The third-order valence-electron chi connectivity index (χ3n) is 4.96. The number of halogens is 1. The van der Waals surface area contributed by atoms with Gasteiger partial charge in [-0.15, -0.1) is 0 Å². The van der Waals surface area contributed by atoms with Gasteiger partial charge in [0.25, 0.3) is 0 Å². The van der Waals surface area contributed by atoms with Crippen molar-refractivity contribution in [3.05, 3.63) is 81.9 Å². The average Bonchev–Trinajstić information content (AvgIpc) is 2.86. The molecular formula is C24H21ClN6O5. The molecule has 0 aliphatic heterocycles. The highest BCUT2D eigenvalue weighted by molar-refractivity contribution is 6.32. The summed E-state index contributed by atoms with van der Waals surface area (Å²) < 4.78 is 11.3. The maximum Gasteiger partial charge on any atom is 0.311 e. The third-order valence-corrected chi connectivity index (χ3v) is 5.25. The van der Waals surface area contributed by atoms with Crippen LogP contribution in [0.3, 0.4) is 0 Å². The molecule has 1 amide bonds. The zero-order valence-electron chi connectivity index (χ0n) is 19.1. The summed E-state index contributed by atoms with van der Waals surface area (Å²) in [6, 6.07) is 11.7. The van der Waals surface area contributed by atoms with Crippen molar-refractivity contribution in [1.29, 1.82) is 0 Å². The van der Waals surface area contributed by atoms with Crippen LogP contribution >= 0.6 is 11.6 Å². The number of pyridine rings is 1. The fourth-order valence-corrected chi connectivity index (χ4v) is 3.53. The van der Waals surface area contributed by atoms with Crippen LogP contribution in [0, 0.1) is 10.1 Å². The number of fused-ring (bicyclic) bond motifs is 1. The van der Waals surface area contributed by atoms with Crippen molar-refractivity contribution in [2.45, 2.75) is 13.5 Å². The summed E-state index contributed by atoms with van der Waals surface area (Å²) in [6.07, 6.45) is 4.73. The first-order chi connectivity index (χ1) is 17.4. The van der Waals surface area contributed by atoms with E-state index in [4.69, 9.17) is 21.1 Å². The van der Waals surface area contributed by atoms with E-state index in [0.29, 0.717) is 39.8 Å². The Morgan fingerprint density at radius 1 is 1.14 bits per heavy atom. The van der Waals surface area contributed by atoms with Gasteiger partial charge in [0.15, 0.2) is 5.75 Å². The SMILES string of the molecule is CC(=O)NCCOc1cc2ncnc(Nc3ccc(OCc4cccnc4)c(Cl)c3)c2cc1[N+](=O)[O-]. The molecule has 2 N–H and O–H groups in total. The van der Waals surface area contributed by atoms with E-state index in [1.165, 1.54) is 25.4 Å². The molecule has 2 heterocycles. The van der Waals surface area contributed by atoms with E-state index in [9.17, 15) is 14.9 Å². The van der Waals surface area contributed by atoms with Crippen molar-refractivity contribution >= 4 is 45.6 Å². The highest BCUT2D eigenvalue weighted by Gasteiger charge is 2.19. The number of aromatic nitrogens is 3. The van der Waals surface area contributed by atoms with E-state index < -0.39 is 4.92 Å². The molecule has 0 bridgehead atoms. The minimum atomic E-state index is -0.546. The number of nitro benzene ring substituents is 1. The average molecular weight is 509 g/mol. The highest BCUT2D eigenvalue weighted by atomic mass is 35.5. The maximum absolute atomic E-state index is 11.7. The van der Waals surface area contributed by atoms with E-state index in [2.05, 4.69) is 25.6 Å². The smallest absolute Gasteiger partial charge is 0.311 e. The van der Waals surface area contributed by atoms with Gasteiger partial charge in [0, 0.05) is 42.7 Å². The molecule has 4 aromatic rings. The standard InChI is InChI=1S/C24H21ClN6O5/c1-15(32)27-7-8-35-23-11-20-18(10-21(23)31(33)34)24(29-14-28-20)30-17-4-5-22(19(25)9-17)36-13-16-3-2-6-26-12-16/h2-6,9-12,14H,7-8,13H2,1H3,(H,27,32)(H,28,29,30). The molecule has 0 aliphatic carbocycles. The monoisotopic (exact) mass is 508 g/mol. The zero-order chi connectivity index (χ0) is 25.5. The van der Waals surface area contributed by atoms with Crippen LogP contribution in [0.4, 0.5) is 17.2 Å². The Labute approximate surface area is 210 Å². The second-order valence-corrected chi connectivity index (χ2v) is 7.98. The van der Waals surface area contributed by atoms with Gasteiger partial charge in [-0.2, -0.15) is 0 Å². The van der Waals surface area contributed by atoms with Crippen molar-refractivity contribution in [2.75, 3.05) is 18.5 Å². The summed E-state index contributed by atoms with van der Waals surface area (Å²) >= 11 is 6.40. The molecule has 12 heteroatoms. The Morgan fingerprint density at radius 2 is 2.00 bits per heavy atom. The van der Waals surface area contributed by atoms with Gasteiger partial charge in [-0.1, -0.05) is 17.7 Å². The minimum Gasteiger partial charge on any atom is -0.487 e. The fourth-order valence-electron chi connectivity index (χ4n) is 3.30. The van der Waals surface area contributed by atoms with Crippen LogP contribution in [0.25, 0.3) is 10.9 Å². The normalized spacial score (nSPS) is 10.6. The Balaban J connectivity index is 1.54. The van der Waals surface area contributed by atoms with Gasteiger partial charge < -0.3 is 20.1 Å². The molecule has 0 fully saturated rings. The Bertz CT molecular complexity index is 1400. The minimum absolute atomic E-state index is 0.0423. The van der Waals surface area contributed by atoms with Gasteiger partial charge >= 0.3 is 5.69 Å². The van der Waals surface area contributed by atoms with Crippen LogP contribution in [0.5, 0.6) is 11.5 Å². The molecule has 0 atom stereocenters. The number of amides is 1. The van der Waals surface area contributed by atoms with Gasteiger partial charge in [-0.25, -0.2) is 9.97 Å². The van der Waals surface area contributed by atoms with Crippen LogP contribution < -0.4 is 20.1 Å². The van der Waals surface area contributed by atoms with E-state index in [-0.39, 0.29) is 30.5 Å². The lowest BCUT2D eigenvalue weighted by atomic mass is 10.2. The number of rotatable bonds is 10. The quantitative estimate of drug-likeness (QED) is 0.181. The van der Waals surface area contributed by atoms with Crippen molar-refractivity contribution in [1.82, 2.24) is 20.3 Å². The van der Waals surface area contributed by atoms with Crippen molar-refractivity contribution in [3.63, 3.8) is 0 Å². The lowest BCUT2D eigenvalue weighted by Crippen LogP contribution is -2.25. The van der Waals surface area contributed by atoms with Gasteiger partial charge in [-0.3, -0.25) is 19.9 Å². The van der Waals surface area contributed by atoms with Crippen molar-refractivity contribution < 1.29 is 19.2 Å². The molecule has 36 heavy (non-hydrogen) atoms. The van der Waals surface area contributed by atoms with Crippen LogP contribution in [0.15, 0.2) is 61.2 Å². The predicted octanol–water partition coefficient (Wildman–Crippen LogP) is 4.42. The van der Waals surface area contributed by atoms with Gasteiger partial charge in [0.2, 0.25) is 5.91 Å². The molecule has 4 rings (SSSR count). The highest BCUT2D eigenvalue weighted by Crippen LogP contribution is 2.35. The van der Waals surface area contributed by atoms with Gasteiger partial charge in [0.1, 0.15) is 31.1 Å².